The molecule has 280 valence electrons. The average Bonchev–Trinajstić information content (AvgIpc) is 3.70. The number of benzene rings is 2. The van der Waals surface area contributed by atoms with Crippen LogP contribution in [0.4, 0.5) is 5.69 Å². The molecule has 5 aliphatic rings. The van der Waals surface area contributed by atoms with E-state index in [1.807, 2.05) is 54.2 Å². The Morgan fingerprint density at radius 1 is 1.14 bits per heavy atom. The lowest BCUT2D eigenvalue weighted by molar-refractivity contribution is -0.139. The Labute approximate surface area is 304 Å². The fraction of sp³-hybridized carbons (Fsp3) is 0.659. The highest BCUT2D eigenvalue weighted by Gasteiger charge is 2.57. The van der Waals surface area contributed by atoms with Crippen LogP contribution < -0.4 is 20.3 Å². The minimum Gasteiger partial charge on any atom is -0.496 e. The van der Waals surface area contributed by atoms with Crippen LogP contribution in [0.15, 0.2) is 36.4 Å². The molecule has 2 aromatic rings. The van der Waals surface area contributed by atoms with E-state index in [2.05, 4.69) is 49.3 Å². The van der Waals surface area contributed by atoms with Crippen molar-refractivity contribution < 1.29 is 24.5 Å². The normalized spacial score (nSPS) is 30.8. The van der Waals surface area contributed by atoms with Crippen LogP contribution in [0.1, 0.15) is 76.2 Å². The van der Waals surface area contributed by atoms with E-state index >= 15 is 0 Å². The molecule has 51 heavy (non-hydrogen) atoms. The maximum Gasteiger partial charge on any atom is 0.251 e. The minimum atomic E-state index is -0.859. The maximum atomic E-state index is 14.2. The van der Waals surface area contributed by atoms with E-state index < -0.39 is 24.2 Å². The summed E-state index contributed by atoms with van der Waals surface area (Å²) in [6.07, 6.45) is 2.73. The number of carbonyl (C=O) groups is 2. The lowest BCUT2D eigenvalue weighted by Gasteiger charge is -2.62. The van der Waals surface area contributed by atoms with Crippen molar-refractivity contribution >= 4 is 17.5 Å². The van der Waals surface area contributed by atoms with Crippen molar-refractivity contribution in [1.82, 2.24) is 20.4 Å². The summed E-state index contributed by atoms with van der Waals surface area (Å²) >= 11 is 0. The molecule has 2 bridgehead atoms. The zero-order valence-electron chi connectivity index (χ0n) is 32.0. The van der Waals surface area contributed by atoms with Crippen LogP contribution in [0.5, 0.6) is 5.75 Å². The molecule has 7 rings (SSSR count). The smallest absolute Gasteiger partial charge is 0.251 e. The first-order valence-electron chi connectivity index (χ1n) is 19.2. The number of hydrogen-bond donors (Lipinski definition) is 4. The number of aliphatic hydroxyl groups is 2. The van der Waals surface area contributed by atoms with E-state index in [4.69, 9.17) is 4.74 Å². The number of β-amino-alcohol motifs (C(OH)–C–C–N with tert-alkyl or cyclic N) is 1. The zero-order chi connectivity index (χ0) is 36.8. The first-order chi connectivity index (χ1) is 24.2. The quantitative estimate of drug-likeness (QED) is 0.258. The first-order valence-corrected chi connectivity index (χ1v) is 19.2. The van der Waals surface area contributed by atoms with Gasteiger partial charge < -0.3 is 30.5 Å². The molecule has 3 saturated carbocycles. The number of anilines is 1. The predicted octanol–water partition coefficient (Wildman–Crippen LogP) is 4.37. The zero-order valence-corrected chi connectivity index (χ0v) is 32.0. The number of likely N-dealkylation sites (tertiary alicyclic amines) is 2. The topological polar surface area (TPSA) is 118 Å². The molecule has 0 aromatic heterocycles. The molecule has 2 aromatic carbocycles. The highest BCUT2D eigenvalue weighted by molar-refractivity contribution is 5.97. The highest BCUT2D eigenvalue weighted by Crippen LogP contribution is 2.61. The second-order valence-electron chi connectivity index (χ2n) is 16.6. The van der Waals surface area contributed by atoms with Crippen LogP contribution in [0.25, 0.3) is 11.1 Å². The Bertz CT molecular complexity index is 1580. The van der Waals surface area contributed by atoms with Gasteiger partial charge in [0, 0.05) is 74.1 Å². The largest absolute Gasteiger partial charge is 0.496 e. The molecule has 0 radical (unpaired) electrons. The van der Waals surface area contributed by atoms with E-state index in [9.17, 15) is 19.8 Å². The van der Waals surface area contributed by atoms with Gasteiger partial charge in [0.25, 0.3) is 5.91 Å². The number of nitrogens with one attached hydrogen (secondary N) is 2. The molecule has 2 heterocycles. The summed E-state index contributed by atoms with van der Waals surface area (Å²) in [4.78, 5) is 34.2. The van der Waals surface area contributed by atoms with Crippen molar-refractivity contribution in [3.05, 3.63) is 47.5 Å². The highest BCUT2D eigenvalue weighted by atomic mass is 16.5. The van der Waals surface area contributed by atoms with E-state index in [1.54, 1.807) is 14.0 Å². The van der Waals surface area contributed by atoms with E-state index in [-0.39, 0.29) is 24.4 Å². The summed E-state index contributed by atoms with van der Waals surface area (Å²) < 4.78 is 6.09. The number of methoxy groups -OCH3 is 1. The fourth-order valence-electron chi connectivity index (χ4n) is 10.0. The molecule has 4 N–H and O–H groups in total. The number of carbonyl (C=O) groups excluding carboxylic acids is 2. The third-order valence-electron chi connectivity index (χ3n) is 13.2. The summed E-state index contributed by atoms with van der Waals surface area (Å²) in [6, 6.07) is 11.6. The molecule has 2 unspecified atom stereocenters. The predicted molar refractivity (Wildman–Crippen MR) is 202 cm³/mol. The number of hydrogen-bond acceptors (Lipinski definition) is 8. The minimum absolute atomic E-state index is 0.0838. The van der Waals surface area contributed by atoms with Crippen molar-refractivity contribution in [2.24, 2.45) is 29.1 Å². The first kappa shape index (κ1) is 37.6. The van der Waals surface area contributed by atoms with Gasteiger partial charge >= 0.3 is 0 Å². The number of aliphatic hydroxyl groups excluding tert-OH is 2. The summed E-state index contributed by atoms with van der Waals surface area (Å²) in [6.45, 7) is 14.1. The number of fused-ring (bicyclic) bond motifs is 2. The van der Waals surface area contributed by atoms with Gasteiger partial charge in [-0.2, -0.15) is 0 Å². The lowest BCUT2D eigenvalue weighted by atomic mass is 9.45. The van der Waals surface area contributed by atoms with Gasteiger partial charge in [0.1, 0.15) is 5.75 Å². The number of likely N-dealkylation sites (N-methyl/N-ethyl adjacent to an activating group) is 1. The van der Waals surface area contributed by atoms with Crippen LogP contribution in [-0.2, 0) is 11.3 Å². The standard InChI is InChI=1S/C41H61N5O5/c1-9-45-15-11-13-30(45)21-42-39(49)28-16-27(17-31(18-28)44(6)7)32-14-10-12-26(38(32)51-8)22-46-23-35(48)36(25(3)47)37(46)40(50)43-34-20-29-19-33(24(34)2)41(29,4)5/h10,12,14,16-18,24-25,29-30,33-37,47-48H,9,11,13,15,19-23H2,1-8H3,(H,42,49)(H,43,50)/t24-,25-,29+,30+,33-,34?,35-,36+,37?/m0/s1. The Hall–Kier alpha value is -3.18. The molecule has 2 saturated heterocycles. The summed E-state index contributed by atoms with van der Waals surface area (Å²) in [5.74, 6) is 1.37. The Kier molecular flexibility index (Phi) is 11.1. The third-order valence-corrected chi connectivity index (χ3v) is 13.2. The molecule has 5 fully saturated rings. The molecule has 2 aliphatic heterocycles. The van der Waals surface area contributed by atoms with Crippen molar-refractivity contribution in [1.29, 1.82) is 0 Å². The van der Waals surface area contributed by atoms with Gasteiger partial charge in [-0.05, 0) is 92.6 Å². The maximum absolute atomic E-state index is 14.2. The summed E-state index contributed by atoms with van der Waals surface area (Å²) in [5.41, 5.74) is 4.35. The van der Waals surface area contributed by atoms with Gasteiger partial charge in [-0.15, -0.1) is 0 Å². The third kappa shape index (κ3) is 7.26. The van der Waals surface area contributed by atoms with Gasteiger partial charge in [-0.25, -0.2) is 0 Å². The van der Waals surface area contributed by atoms with Crippen molar-refractivity contribution in [3.63, 3.8) is 0 Å². The molecular weight excluding hydrogens is 642 g/mol. The molecule has 10 heteroatoms. The van der Waals surface area contributed by atoms with Crippen molar-refractivity contribution in [2.75, 3.05) is 52.3 Å². The molecule has 3 aliphatic carbocycles. The van der Waals surface area contributed by atoms with Crippen LogP contribution in [0, 0.1) is 29.1 Å². The number of amides is 2. The van der Waals surface area contributed by atoms with Gasteiger partial charge in [0.2, 0.25) is 5.91 Å². The fourth-order valence-corrected chi connectivity index (χ4v) is 10.0. The van der Waals surface area contributed by atoms with Crippen LogP contribution in [-0.4, -0.2) is 110 Å². The number of ether oxygens (including phenoxy) is 1. The number of rotatable bonds is 12. The van der Waals surface area contributed by atoms with Gasteiger partial charge in [0.15, 0.2) is 0 Å². The van der Waals surface area contributed by atoms with Gasteiger partial charge in [-0.3, -0.25) is 19.4 Å². The van der Waals surface area contributed by atoms with Crippen molar-refractivity contribution in [2.45, 2.75) is 97.2 Å². The molecular formula is C41H61N5O5. The Balaban J connectivity index is 1.25. The Morgan fingerprint density at radius 2 is 1.90 bits per heavy atom. The second-order valence-corrected chi connectivity index (χ2v) is 16.6. The average molecular weight is 704 g/mol. The summed E-state index contributed by atoms with van der Waals surface area (Å²) in [5, 5.41) is 28.6. The van der Waals surface area contributed by atoms with E-state index in [1.165, 1.54) is 6.42 Å². The van der Waals surface area contributed by atoms with Gasteiger partial charge in [0.05, 0.1) is 25.4 Å². The summed E-state index contributed by atoms with van der Waals surface area (Å²) in [7, 11) is 5.57. The lowest BCUT2D eigenvalue weighted by Crippen LogP contribution is -2.62. The second kappa shape index (κ2) is 15.0. The number of para-hydroxylation sites is 1. The number of nitrogens with zero attached hydrogens (tertiary/aromatic N) is 3. The SMILES string of the molecule is CCN1CCC[C@@H]1CNC(=O)c1cc(-c2cccc(CN3C[C@H](O)[C@@H]([C@H](C)O)C3C(=O)NC3C[C@H]4C[C@@H]([C@@H]3C)C4(C)C)c2OC)cc(N(C)C)c1. The molecule has 10 nitrogen and oxygen atoms in total. The van der Waals surface area contributed by atoms with Crippen LogP contribution in [0.2, 0.25) is 0 Å². The van der Waals surface area contributed by atoms with E-state index in [0.29, 0.717) is 53.6 Å². The molecule has 0 spiro atoms. The van der Waals surface area contributed by atoms with E-state index in [0.717, 1.165) is 54.7 Å². The van der Waals surface area contributed by atoms with Crippen LogP contribution >= 0.6 is 0 Å². The molecule has 2 amide bonds. The monoisotopic (exact) mass is 703 g/mol. The molecule has 9 atom stereocenters. The Morgan fingerprint density at radius 3 is 2.55 bits per heavy atom. The van der Waals surface area contributed by atoms with Crippen LogP contribution in [0.3, 0.4) is 0 Å². The van der Waals surface area contributed by atoms with Crippen molar-refractivity contribution in [3.8, 4) is 16.9 Å². The van der Waals surface area contributed by atoms with Gasteiger partial charge in [-0.1, -0.05) is 45.9 Å².